The molecule has 1 aliphatic rings. The van der Waals surface area contributed by atoms with Gasteiger partial charge in [0, 0.05) is 37.4 Å². The van der Waals surface area contributed by atoms with E-state index in [9.17, 15) is 0 Å². The van der Waals surface area contributed by atoms with Gasteiger partial charge in [0.05, 0.1) is 6.20 Å². The zero-order chi connectivity index (χ0) is 12.3. The third-order valence-electron chi connectivity index (χ3n) is 3.87. The Labute approximate surface area is 104 Å². The largest absolute Gasteiger partial charge is 0.317 e. The fourth-order valence-corrected chi connectivity index (χ4v) is 2.80. The van der Waals surface area contributed by atoms with E-state index < -0.39 is 0 Å². The second-order valence-corrected chi connectivity index (χ2v) is 5.24. The summed E-state index contributed by atoms with van der Waals surface area (Å²) in [5.41, 5.74) is 1.31. The molecule has 0 saturated heterocycles. The Morgan fingerprint density at radius 1 is 1.53 bits per heavy atom. The highest BCUT2D eigenvalue weighted by molar-refractivity contribution is 5.03. The molecule has 0 radical (unpaired) electrons. The minimum atomic E-state index is 0.699. The van der Waals surface area contributed by atoms with Gasteiger partial charge in [-0.25, -0.2) is 0 Å². The molecular formula is C13H24N4. The number of nitrogens with zero attached hydrogens (tertiary/aromatic N) is 3. The second-order valence-electron chi connectivity index (χ2n) is 5.24. The van der Waals surface area contributed by atoms with Gasteiger partial charge in [0.1, 0.15) is 0 Å². The summed E-state index contributed by atoms with van der Waals surface area (Å²) >= 11 is 0. The molecule has 1 heterocycles. The molecule has 2 unspecified atom stereocenters. The summed E-state index contributed by atoms with van der Waals surface area (Å²) in [6.45, 7) is 1.01. The quantitative estimate of drug-likeness (QED) is 0.857. The van der Waals surface area contributed by atoms with E-state index in [1.807, 2.05) is 17.9 Å². The van der Waals surface area contributed by atoms with Crippen molar-refractivity contribution in [3.63, 3.8) is 0 Å². The standard InChI is InChI=1S/C13H24N4/c1-14-12-5-4-6-13(7-12)16(2)9-11-8-15-17(3)10-11/h8,10,12-14H,4-7,9H2,1-3H3. The van der Waals surface area contributed by atoms with Gasteiger partial charge < -0.3 is 5.32 Å². The third kappa shape index (κ3) is 3.30. The summed E-state index contributed by atoms with van der Waals surface area (Å²) in [4.78, 5) is 2.47. The van der Waals surface area contributed by atoms with Gasteiger partial charge in [-0.3, -0.25) is 9.58 Å². The molecule has 0 aliphatic heterocycles. The highest BCUT2D eigenvalue weighted by atomic mass is 15.2. The average Bonchev–Trinajstić information content (AvgIpc) is 2.75. The molecule has 0 aromatic carbocycles. The van der Waals surface area contributed by atoms with Gasteiger partial charge in [-0.1, -0.05) is 6.42 Å². The van der Waals surface area contributed by atoms with Crippen molar-refractivity contribution < 1.29 is 0 Å². The lowest BCUT2D eigenvalue weighted by Crippen LogP contribution is -2.41. The lowest BCUT2D eigenvalue weighted by Gasteiger charge is -2.35. The van der Waals surface area contributed by atoms with Crippen molar-refractivity contribution in [3.8, 4) is 0 Å². The third-order valence-corrected chi connectivity index (χ3v) is 3.87. The Morgan fingerprint density at radius 2 is 2.35 bits per heavy atom. The Morgan fingerprint density at radius 3 is 3.00 bits per heavy atom. The van der Waals surface area contributed by atoms with Crippen molar-refractivity contribution in [1.29, 1.82) is 0 Å². The molecule has 4 heteroatoms. The Kier molecular flexibility index (Phi) is 4.18. The van der Waals surface area contributed by atoms with Gasteiger partial charge in [0.2, 0.25) is 0 Å². The number of nitrogens with one attached hydrogen (secondary N) is 1. The molecule has 4 nitrogen and oxygen atoms in total. The molecule has 1 N–H and O–H groups in total. The SMILES string of the molecule is CNC1CCCC(N(C)Cc2cnn(C)c2)C1. The first kappa shape index (κ1) is 12.6. The van der Waals surface area contributed by atoms with Crippen LogP contribution < -0.4 is 5.32 Å². The van der Waals surface area contributed by atoms with E-state index in [2.05, 4.69) is 35.6 Å². The molecule has 1 aliphatic carbocycles. The van der Waals surface area contributed by atoms with Gasteiger partial charge in [0.25, 0.3) is 0 Å². The Balaban J connectivity index is 1.88. The smallest absolute Gasteiger partial charge is 0.0534 e. The maximum absolute atomic E-state index is 4.22. The normalized spacial score (nSPS) is 25.4. The van der Waals surface area contributed by atoms with E-state index in [0.717, 1.165) is 6.54 Å². The van der Waals surface area contributed by atoms with Gasteiger partial charge in [-0.15, -0.1) is 0 Å². The van der Waals surface area contributed by atoms with Crippen molar-refractivity contribution in [2.45, 2.75) is 44.3 Å². The number of aryl methyl sites for hydroxylation is 1. The van der Waals surface area contributed by atoms with Crippen LogP contribution in [-0.2, 0) is 13.6 Å². The Bertz CT molecular complexity index is 347. The summed E-state index contributed by atoms with van der Waals surface area (Å²) in [5.74, 6) is 0. The van der Waals surface area contributed by atoms with Crippen molar-refractivity contribution in [2.24, 2.45) is 7.05 Å². The fourth-order valence-electron chi connectivity index (χ4n) is 2.80. The van der Waals surface area contributed by atoms with E-state index >= 15 is 0 Å². The van der Waals surface area contributed by atoms with Crippen LogP contribution in [0.4, 0.5) is 0 Å². The minimum Gasteiger partial charge on any atom is -0.317 e. The maximum Gasteiger partial charge on any atom is 0.0534 e. The number of hydrogen-bond donors (Lipinski definition) is 1. The monoisotopic (exact) mass is 236 g/mol. The number of aromatic nitrogens is 2. The predicted octanol–water partition coefficient (Wildman–Crippen LogP) is 1.38. The van der Waals surface area contributed by atoms with E-state index in [1.54, 1.807) is 0 Å². The highest BCUT2D eigenvalue weighted by Gasteiger charge is 2.23. The maximum atomic E-state index is 4.22. The molecule has 1 saturated carbocycles. The lowest BCUT2D eigenvalue weighted by atomic mass is 9.90. The summed E-state index contributed by atoms with van der Waals surface area (Å²) < 4.78 is 1.88. The zero-order valence-electron chi connectivity index (χ0n) is 11.2. The van der Waals surface area contributed by atoms with E-state index in [0.29, 0.717) is 12.1 Å². The zero-order valence-corrected chi connectivity index (χ0v) is 11.2. The Hall–Kier alpha value is -0.870. The van der Waals surface area contributed by atoms with Crippen LogP contribution in [0.1, 0.15) is 31.2 Å². The first-order valence-corrected chi connectivity index (χ1v) is 6.54. The summed E-state index contributed by atoms with van der Waals surface area (Å²) in [6.07, 6.45) is 9.34. The van der Waals surface area contributed by atoms with Gasteiger partial charge in [-0.2, -0.15) is 5.10 Å². The van der Waals surface area contributed by atoms with E-state index in [-0.39, 0.29) is 0 Å². The van der Waals surface area contributed by atoms with Gasteiger partial charge in [0.15, 0.2) is 0 Å². The minimum absolute atomic E-state index is 0.699. The van der Waals surface area contributed by atoms with Crippen LogP contribution in [0, 0.1) is 0 Å². The summed E-state index contributed by atoms with van der Waals surface area (Å²) in [5, 5.41) is 7.64. The molecule has 2 rings (SSSR count). The molecule has 96 valence electrons. The van der Waals surface area contributed by atoms with Crippen LogP contribution >= 0.6 is 0 Å². The van der Waals surface area contributed by atoms with Crippen LogP contribution in [0.2, 0.25) is 0 Å². The molecule has 17 heavy (non-hydrogen) atoms. The van der Waals surface area contributed by atoms with Crippen molar-refractivity contribution in [3.05, 3.63) is 18.0 Å². The summed E-state index contributed by atoms with van der Waals surface area (Å²) in [7, 11) is 6.28. The van der Waals surface area contributed by atoms with E-state index in [4.69, 9.17) is 0 Å². The lowest BCUT2D eigenvalue weighted by molar-refractivity contribution is 0.165. The van der Waals surface area contributed by atoms with Crippen LogP contribution in [-0.4, -0.2) is 40.9 Å². The predicted molar refractivity (Wildman–Crippen MR) is 69.8 cm³/mol. The van der Waals surface area contributed by atoms with Gasteiger partial charge >= 0.3 is 0 Å². The first-order valence-electron chi connectivity index (χ1n) is 6.54. The molecule has 0 bridgehead atoms. The van der Waals surface area contributed by atoms with Gasteiger partial charge in [-0.05, 0) is 33.4 Å². The van der Waals surface area contributed by atoms with Crippen molar-refractivity contribution in [1.82, 2.24) is 20.0 Å². The van der Waals surface area contributed by atoms with Crippen molar-refractivity contribution >= 4 is 0 Å². The van der Waals surface area contributed by atoms with Crippen LogP contribution in [0.5, 0.6) is 0 Å². The van der Waals surface area contributed by atoms with Crippen LogP contribution in [0.3, 0.4) is 0 Å². The molecule has 1 aromatic heterocycles. The molecule has 0 spiro atoms. The average molecular weight is 236 g/mol. The summed E-state index contributed by atoms with van der Waals surface area (Å²) in [6, 6.07) is 1.41. The molecule has 2 atom stereocenters. The molecule has 0 amide bonds. The fraction of sp³-hybridized carbons (Fsp3) is 0.769. The van der Waals surface area contributed by atoms with Crippen molar-refractivity contribution in [2.75, 3.05) is 14.1 Å². The molecule has 1 fully saturated rings. The topological polar surface area (TPSA) is 33.1 Å². The first-order chi connectivity index (χ1) is 8.19. The second kappa shape index (κ2) is 5.65. The molecule has 1 aromatic rings. The highest BCUT2D eigenvalue weighted by Crippen LogP contribution is 2.23. The van der Waals surface area contributed by atoms with Crippen LogP contribution in [0.15, 0.2) is 12.4 Å². The van der Waals surface area contributed by atoms with E-state index in [1.165, 1.54) is 31.2 Å². The number of rotatable bonds is 4. The molecular weight excluding hydrogens is 212 g/mol. The number of hydrogen-bond acceptors (Lipinski definition) is 3. The van der Waals surface area contributed by atoms with Crippen LogP contribution in [0.25, 0.3) is 0 Å².